The molecule has 2 aromatic heterocycles. The van der Waals surface area contributed by atoms with Crippen LogP contribution in [0.1, 0.15) is 12.6 Å². The average molecular weight is 217 g/mol. The Labute approximate surface area is 92.3 Å². The number of carbonyl (C=O) groups is 1. The molecule has 0 saturated carbocycles. The summed E-state index contributed by atoms with van der Waals surface area (Å²) >= 11 is 0. The minimum atomic E-state index is -0.0871. The summed E-state index contributed by atoms with van der Waals surface area (Å²) in [5.41, 5.74) is 1.54. The number of hydrogen-bond acceptors (Lipinski definition) is 4. The van der Waals surface area contributed by atoms with Crippen LogP contribution in [0.2, 0.25) is 0 Å². The van der Waals surface area contributed by atoms with Crippen LogP contribution in [-0.2, 0) is 11.3 Å². The van der Waals surface area contributed by atoms with Gasteiger partial charge in [0.2, 0.25) is 5.91 Å². The number of nitrogens with one attached hydrogen (secondary N) is 1. The van der Waals surface area contributed by atoms with E-state index in [4.69, 9.17) is 0 Å². The molecule has 0 aliphatic heterocycles. The van der Waals surface area contributed by atoms with Crippen molar-refractivity contribution in [3.8, 4) is 5.69 Å². The summed E-state index contributed by atoms with van der Waals surface area (Å²) in [6.07, 6.45) is 5.14. The van der Waals surface area contributed by atoms with Crippen LogP contribution >= 0.6 is 0 Å². The fourth-order valence-electron chi connectivity index (χ4n) is 1.21. The Morgan fingerprint density at radius 1 is 1.56 bits per heavy atom. The summed E-state index contributed by atoms with van der Waals surface area (Å²) in [5.74, 6) is -0.0871. The second kappa shape index (κ2) is 4.52. The maximum Gasteiger partial charge on any atom is 0.217 e. The monoisotopic (exact) mass is 217 g/mol. The van der Waals surface area contributed by atoms with E-state index in [-0.39, 0.29) is 5.91 Å². The quantitative estimate of drug-likeness (QED) is 0.802. The zero-order chi connectivity index (χ0) is 11.4. The fourth-order valence-corrected chi connectivity index (χ4v) is 1.21. The summed E-state index contributed by atoms with van der Waals surface area (Å²) < 4.78 is 1.62. The molecule has 16 heavy (non-hydrogen) atoms. The van der Waals surface area contributed by atoms with Gasteiger partial charge in [-0.15, -0.1) is 5.10 Å². The molecule has 6 heteroatoms. The van der Waals surface area contributed by atoms with Gasteiger partial charge in [-0.3, -0.25) is 9.78 Å². The van der Waals surface area contributed by atoms with E-state index < -0.39 is 0 Å². The minimum Gasteiger partial charge on any atom is -0.351 e. The van der Waals surface area contributed by atoms with E-state index >= 15 is 0 Å². The molecular weight excluding hydrogens is 206 g/mol. The molecule has 0 atom stereocenters. The number of carbonyl (C=O) groups excluding carboxylic acids is 1. The van der Waals surface area contributed by atoms with Crippen LogP contribution in [0.3, 0.4) is 0 Å². The molecule has 0 unspecified atom stereocenters. The van der Waals surface area contributed by atoms with Crippen LogP contribution in [0.5, 0.6) is 0 Å². The van der Waals surface area contributed by atoms with Crippen molar-refractivity contribution in [3.05, 3.63) is 36.4 Å². The van der Waals surface area contributed by atoms with Crippen molar-refractivity contribution < 1.29 is 4.79 Å². The number of nitrogens with zero attached hydrogens (tertiary/aromatic N) is 4. The molecule has 82 valence electrons. The van der Waals surface area contributed by atoms with Gasteiger partial charge >= 0.3 is 0 Å². The zero-order valence-corrected chi connectivity index (χ0v) is 8.79. The Morgan fingerprint density at radius 3 is 3.12 bits per heavy atom. The SMILES string of the molecule is CC(=O)NCc1cn(-c2cccnc2)nn1. The van der Waals surface area contributed by atoms with Gasteiger partial charge in [0.05, 0.1) is 24.6 Å². The van der Waals surface area contributed by atoms with Crippen molar-refractivity contribution >= 4 is 5.91 Å². The largest absolute Gasteiger partial charge is 0.351 e. The van der Waals surface area contributed by atoms with Gasteiger partial charge in [-0.05, 0) is 12.1 Å². The number of amides is 1. The molecule has 0 saturated heterocycles. The maximum atomic E-state index is 10.7. The molecule has 0 spiro atoms. The van der Waals surface area contributed by atoms with Crippen molar-refractivity contribution in [2.75, 3.05) is 0 Å². The molecule has 2 heterocycles. The van der Waals surface area contributed by atoms with E-state index in [2.05, 4.69) is 20.6 Å². The third-order valence-electron chi connectivity index (χ3n) is 1.97. The molecule has 0 radical (unpaired) electrons. The van der Waals surface area contributed by atoms with Crippen molar-refractivity contribution in [3.63, 3.8) is 0 Å². The van der Waals surface area contributed by atoms with Crippen LogP contribution in [-0.4, -0.2) is 25.9 Å². The molecule has 6 nitrogen and oxygen atoms in total. The third kappa shape index (κ3) is 2.41. The summed E-state index contributed by atoms with van der Waals surface area (Å²) in [6, 6.07) is 3.70. The van der Waals surface area contributed by atoms with Crippen LogP contribution < -0.4 is 5.32 Å². The highest BCUT2D eigenvalue weighted by atomic mass is 16.1. The first-order valence-corrected chi connectivity index (χ1v) is 4.82. The van der Waals surface area contributed by atoms with Crippen LogP contribution in [0, 0.1) is 0 Å². The summed E-state index contributed by atoms with van der Waals surface area (Å²) in [4.78, 5) is 14.7. The highest BCUT2D eigenvalue weighted by Gasteiger charge is 2.02. The molecule has 0 aliphatic rings. The summed E-state index contributed by atoms with van der Waals surface area (Å²) in [7, 11) is 0. The van der Waals surface area contributed by atoms with Gasteiger partial charge in [0.15, 0.2) is 0 Å². The van der Waals surface area contributed by atoms with Gasteiger partial charge in [0.1, 0.15) is 5.69 Å². The second-order valence-corrected chi connectivity index (χ2v) is 3.28. The van der Waals surface area contributed by atoms with Gasteiger partial charge in [0, 0.05) is 13.1 Å². The van der Waals surface area contributed by atoms with Crippen LogP contribution in [0.15, 0.2) is 30.7 Å². The first kappa shape index (κ1) is 10.3. The predicted octanol–water partition coefficient (Wildman–Crippen LogP) is 0.298. The molecule has 0 bridgehead atoms. The summed E-state index contributed by atoms with van der Waals surface area (Å²) in [6.45, 7) is 1.85. The van der Waals surface area contributed by atoms with E-state index in [1.54, 1.807) is 23.3 Å². The lowest BCUT2D eigenvalue weighted by atomic mass is 10.4. The second-order valence-electron chi connectivity index (χ2n) is 3.28. The van der Waals surface area contributed by atoms with E-state index in [0.717, 1.165) is 5.69 Å². The Balaban J connectivity index is 2.11. The van der Waals surface area contributed by atoms with Crippen molar-refractivity contribution in [1.29, 1.82) is 0 Å². The molecule has 1 amide bonds. The minimum absolute atomic E-state index is 0.0871. The topological polar surface area (TPSA) is 72.7 Å². The van der Waals surface area contributed by atoms with Crippen LogP contribution in [0.4, 0.5) is 0 Å². The molecule has 0 aromatic carbocycles. The number of hydrogen-bond donors (Lipinski definition) is 1. The fraction of sp³-hybridized carbons (Fsp3) is 0.200. The van der Waals surface area contributed by atoms with Gasteiger partial charge in [-0.25, -0.2) is 4.68 Å². The molecule has 2 rings (SSSR count). The average Bonchev–Trinajstić information content (AvgIpc) is 2.76. The summed E-state index contributed by atoms with van der Waals surface area (Å²) in [5, 5.41) is 10.5. The third-order valence-corrected chi connectivity index (χ3v) is 1.97. The van der Waals surface area contributed by atoms with Crippen molar-refractivity contribution in [2.24, 2.45) is 0 Å². The number of pyridine rings is 1. The van der Waals surface area contributed by atoms with Gasteiger partial charge in [-0.1, -0.05) is 5.21 Å². The highest BCUT2D eigenvalue weighted by molar-refractivity contribution is 5.72. The standard InChI is InChI=1S/C10H11N5O/c1-8(16)12-5-9-7-15(14-13-9)10-3-2-4-11-6-10/h2-4,6-7H,5H2,1H3,(H,12,16). The lowest BCUT2D eigenvalue weighted by Crippen LogP contribution is -2.19. The number of aromatic nitrogens is 4. The molecular formula is C10H11N5O. The van der Waals surface area contributed by atoms with Crippen molar-refractivity contribution in [2.45, 2.75) is 13.5 Å². The van der Waals surface area contributed by atoms with E-state index in [9.17, 15) is 4.79 Å². The van der Waals surface area contributed by atoms with Crippen molar-refractivity contribution in [1.82, 2.24) is 25.3 Å². The normalized spacial score (nSPS) is 10.1. The lowest BCUT2D eigenvalue weighted by Gasteiger charge is -1.97. The van der Waals surface area contributed by atoms with E-state index in [1.807, 2.05) is 12.1 Å². The zero-order valence-electron chi connectivity index (χ0n) is 8.79. The molecule has 0 fully saturated rings. The van der Waals surface area contributed by atoms with Gasteiger partial charge in [-0.2, -0.15) is 0 Å². The molecule has 1 N–H and O–H groups in total. The smallest absolute Gasteiger partial charge is 0.217 e. The Bertz CT molecular complexity index is 479. The Hall–Kier alpha value is -2.24. The highest BCUT2D eigenvalue weighted by Crippen LogP contribution is 2.03. The Kier molecular flexibility index (Phi) is 2.90. The van der Waals surface area contributed by atoms with E-state index in [1.165, 1.54) is 6.92 Å². The predicted molar refractivity (Wildman–Crippen MR) is 56.7 cm³/mol. The maximum absolute atomic E-state index is 10.7. The van der Waals surface area contributed by atoms with Gasteiger partial charge in [0.25, 0.3) is 0 Å². The van der Waals surface area contributed by atoms with E-state index in [0.29, 0.717) is 12.2 Å². The first-order chi connectivity index (χ1) is 7.75. The number of rotatable bonds is 3. The molecule has 0 aliphatic carbocycles. The lowest BCUT2D eigenvalue weighted by molar-refractivity contribution is -0.119. The van der Waals surface area contributed by atoms with Crippen LogP contribution in [0.25, 0.3) is 5.69 Å². The van der Waals surface area contributed by atoms with Gasteiger partial charge < -0.3 is 5.32 Å². The Morgan fingerprint density at radius 2 is 2.44 bits per heavy atom. The first-order valence-electron chi connectivity index (χ1n) is 4.82. The molecule has 2 aromatic rings.